The van der Waals surface area contributed by atoms with Crippen molar-refractivity contribution in [2.45, 2.75) is 38.8 Å². The molecule has 1 saturated heterocycles. The highest BCUT2D eigenvalue weighted by Crippen LogP contribution is 2.24. The molecule has 0 bridgehead atoms. The first-order valence-electron chi connectivity index (χ1n) is 10.0. The van der Waals surface area contributed by atoms with Crippen molar-refractivity contribution in [1.82, 2.24) is 15.5 Å². The molecular formula is C20H30F5IN4. The average molecular weight is 548 g/mol. The molecule has 0 saturated carbocycles. The first-order valence-corrected chi connectivity index (χ1v) is 10.0. The zero-order valence-corrected chi connectivity index (χ0v) is 19.4. The Morgan fingerprint density at radius 2 is 1.87 bits per heavy atom. The highest BCUT2D eigenvalue weighted by Gasteiger charge is 2.32. The van der Waals surface area contributed by atoms with Crippen molar-refractivity contribution < 1.29 is 22.0 Å². The van der Waals surface area contributed by atoms with Gasteiger partial charge in [0.05, 0.1) is 6.54 Å². The zero-order chi connectivity index (χ0) is 21.3. The van der Waals surface area contributed by atoms with Gasteiger partial charge in [-0.25, -0.2) is 8.78 Å². The Balaban J connectivity index is 0.00000450. The summed E-state index contributed by atoms with van der Waals surface area (Å²) in [6, 6.07) is 3.54. The van der Waals surface area contributed by atoms with Crippen molar-refractivity contribution in [3.8, 4) is 0 Å². The standard InChI is InChI=1S/C20H29F5N4.HI/c1-2-26-19(28-10-6-16-3-4-17(21)13-18(16)22)27-9-5-15-7-11-29(12-8-15)14-20(23,24)25;/h3-4,13,15H,2,5-12,14H2,1H3,(H2,26,27,28);1H. The molecule has 1 fully saturated rings. The fourth-order valence-corrected chi connectivity index (χ4v) is 3.43. The van der Waals surface area contributed by atoms with Gasteiger partial charge in [0.15, 0.2) is 5.96 Å². The Morgan fingerprint density at radius 3 is 2.47 bits per heavy atom. The molecule has 1 aliphatic rings. The van der Waals surface area contributed by atoms with E-state index in [1.807, 2.05) is 6.92 Å². The van der Waals surface area contributed by atoms with Crippen LogP contribution in [0.4, 0.5) is 22.0 Å². The minimum absolute atomic E-state index is 0. The number of alkyl halides is 3. The molecule has 172 valence electrons. The number of benzene rings is 1. The number of hydrogen-bond donors (Lipinski definition) is 2. The largest absolute Gasteiger partial charge is 0.401 e. The molecule has 30 heavy (non-hydrogen) atoms. The summed E-state index contributed by atoms with van der Waals surface area (Å²) in [5.74, 6) is -0.173. The molecule has 0 radical (unpaired) electrons. The van der Waals surface area contributed by atoms with Gasteiger partial charge in [-0.2, -0.15) is 13.2 Å². The number of aliphatic imine (C=N–C) groups is 1. The zero-order valence-electron chi connectivity index (χ0n) is 17.1. The van der Waals surface area contributed by atoms with Crippen molar-refractivity contribution in [3.05, 3.63) is 35.4 Å². The van der Waals surface area contributed by atoms with Gasteiger partial charge in [-0.15, -0.1) is 24.0 Å². The lowest BCUT2D eigenvalue weighted by atomic mass is 9.93. The van der Waals surface area contributed by atoms with Crippen molar-refractivity contribution in [2.24, 2.45) is 10.9 Å². The van der Waals surface area contributed by atoms with Crippen LogP contribution in [0.1, 0.15) is 31.7 Å². The maximum absolute atomic E-state index is 13.7. The highest BCUT2D eigenvalue weighted by atomic mass is 127. The fourth-order valence-electron chi connectivity index (χ4n) is 3.43. The number of piperidine rings is 1. The molecule has 1 aromatic carbocycles. The number of hydrogen-bond acceptors (Lipinski definition) is 2. The number of nitrogens with zero attached hydrogens (tertiary/aromatic N) is 2. The van der Waals surface area contributed by atoms with Gasteiger partial charge in [-0.05, 0) is 63.2 Å². The average Bonchev–Trinajstić information content (AvgIpc) is 2.63. The lowest BCUT2D eigenvalue weighted by molar-refractivity contribution is -0.148. The number of halogens is 6. The van der Waals surface area contributed by atoms with E-state index in [4.69, 9.17) is 0 Å². The second kappa shape index (κ2) is 13.3. The molecule has 0 spiro atoms. The second-order valence-electron chi connectivity index (χ2n) is 7.30. The van der Waals surface area contributed by atoms with Gasteiger partial charge in [0, 0.05) is 25.7 Å². The third kappa shape index (κ3) is 10.2. The van der Waals surface area contributed by atoms with Crippen molar-refractivity contribution in [3.63, 3.8) is 0 Å². The fraction of sp³-hybridized carbons (Fsp3) is 0.650. The van der Waals surface area contributed by atoms with Crippen LogP contribution >= 0.6 is 24.0 Å². The van der Waals surface area contributed by atoms with Gasteiger partial charge in [0.2, 0.25) is 0 Å². The Bertz CT molecular complexity index is 661. The van der Waals surface area contributed by atoms with Gasteiger partial charge in [0.1, 0.15) is 11.6 Å². The van der Waals surface area contributed by atoms with Gasteiger partial charge < -0.3 is 10.6 Å². The van der Waals surface area contributed by atoms with Crippen LogP contribution in [0.2, 0.25) is 0 Å². The first kappa shape index (κ1) is 26.9. The molecule has 1 heterocycles. The predicted octanol–water partition coefficient (Wildman–Crippen LogP) is 4.34. The molecule has 10 heteroatoms. The maximum Gasteiger partial charge on any atom is 0.401 e. The molecule has 2 rings (SSSR count). The molecule has 0 atom stereocenters. The summed E-state index contributed by atoms with van der Waals surface area (Å²) in [7, 11) is 0. The lowest BCUT2D eigenvalue weighted by Crippen LogP contribution is -2.40. The number of rotatable bonds is 8. The van der Waals surface area contributed by atoms with E-state index in [-0.39, 0.29) is 24.0 Å². The summed E-state index contributed by atoms with van der Waals surface area (Å²) in [4.78, 5) is 5.96. The predicted molar refractivity (Wildman–Crippen MR) is 119 cm³/mol. The van der Waals surface area contributed by atoms with Crippen LogP contribution in [0.15, 0.2) is 23.2 Å². The quantitative estimate of drug-likeness (QED) is 0.220. The Kier molecular flexibility index (Phi) is 11.9. The summed E-state index contributed by atoms with van der Waals surface area (Å²) in [6.45, 7) is 3.74. The third-order valence-corrected chi connectivity index (χ3v) is 4.96. The smallest absolute Gasteiger partial charge is 0.357 e. The van der Waals surface area contributed by atoms with Crippen LogP contribution in [-0.4, -0.2) is 56.3 Å². The van der Waals surface area contributed by atoms with Crippen LogP contribution < -0.4 is 10.6 Å². The van der Waals surface area contributed by atoms with Crippen LogP contribution in [-0.2, 0) is 6.42 Å². The second-order valence-corrected chi connectivity index (χ2v) is 7.30. The van der Waals surface area contributed by atoms with Crippen molar-refractivity contribution in [1.29, 1.82) is 0 Å². The minimum Gasteiger partial charge on any atom is -0.357 e. The van der Waals surface area contributed by atoms with Gasteiger partial charge in [0.25, 0.3) is 0 Å². The molecular weight excluding hydrogens is 518 g/mol. The van der Waals surface area contributed by atoms with Crippen LogP contribution in [0.5, 0.6) is 0 Å². The molecule has 4 nitrogen and oxygen atoms in total. The van der Waals surface area contributed by atoms with E-state index in [0.29, 0.717) is 56.6 Å². The number of nitrogens with one attached hydrogen (secondary N) is 2. The van der Waals surface area contributed by atoms with Crippen LogP contribution in [0.3, 0.4) is 0 Å². The third-order valence-electron chi connectivity index (χ3n) is 4.96. The summed E-state index contributed by atoms with van der Waals surface area (Å²) in [6.07, 6.45) is -1.42. The molecule has 0 aromatic heterocycles. The molecule has 1 aliphatic heterocycles. The topological polar surface area (TPSA) is 39.7 Å². The summed E-state index contributed by atoms with van der Waals surface area (Å²) < 4.78 is 63.9. The van der Waals surface area contributed by atoms with Crippen LogP contribution in [0.25, 0.3) is 0 Å². The maximum atomic E-state index is 13.7. The number of likely N-dealkylation sites (tertiary alicyclic amines) is 1. The lowest BCUT2D eigenvalue weighted by Gasteiger charge is -2.32. The summed E-state index contributed by atoms with van der Waals surface area (Å²) >= 11 is 0. The summed E-state index contributed by atoms with van der Waals surface area (Å²) in [5.41, 5.74) is 0.431. The monoisotopic (exact) mass is 548 g/mol. The van der Waals surface area contributed by atoms with Crippen molar-refractivity contribution >= 4 is 29.9 Å². The van der Waals surface area contributed by atoms with Crippen LogP contribution in [0, 0.1) is 17.6 Å². The SMILES string of the molecule is CCNC(=NCCC1CCN(CC(F)(F)F)CC1)NCCc1ccc(F)cc1F.I. The van der Waals surface area contributed by atoms with Crippen molar-refractivity contribution in [2.75, 3.05) is 39.3 Å². The first-order chi connectivity index (χ1) is 13.8. The van der Waals surface area contributed by atoms with Gasteiger partial charge >= 0.3 is 6.18 Å². The Labute approximate surface area is 191 Å². The van der Waals surface area contributed by atoms with E-state index in [9.17, 15) is 22.0 Å². The highest BCUT2D eigenvalue weighted by molar-refractivity contribution is 14.0. The van der Waals surface area contributed by atoms with E-state index in [1.54, 1.807) is 0 Å². The number of guanidine groups is 1. The molecule has 0 amide bonds. The minimum atomic E-state index is -4.14. The summed E-state index contributed by atoms with van der Waals surface area (Å²) in [5, 5.41) is 6.24. The normalized spacial score (nSPS) is 16.3. The van der Waals surface area contributed by atoms with E-state index in [0.717, 1.165) is 25.3 Å². The molecule has 1 aromatic rings. The van der Waals surface area contributed by atoms with Gasteiger partial charge in [-0.1, -0.05) is 6.07 Å². The molecule has 2 N–H and O–H groups in total. The van der Waals surface area contributed by atoms with E-state index < -0.39 is 24.4 Å². The van der Waals surface area contributed by atoms with E-state index in [2.05, 4.69) is 15.6 Å². The van der Waals surface area contributed by atoms with Gasteiger partial charge in [-0.3, -0.25) is 9.89 Å². The Morgan fingerprint density at radius 1 is 1.17 bits per heavy atom. The molecule has 0 aliphatic carbocycles. The van der Waals surface area contributed by atoms with E-state index >= 15 is 0 Å². The Hall–Kier alpha value is -1.17. The molecule has 0 unspecified atom stereocenters. The van der Waals surface area contributed by atoms with E-state index in [1.165, 1.54) is 17.0 Å².